The van der Waals surface area contributed by atoms with Gasteiger partial charge in [-0.3, -0.25) is 0 Å². The number of nitrogens with zero attached hydrogens (tertiary/aromatic N) is 4. The van der Waals surface area contributed by atoms with Gasteiger partial charge in [0.05, 0.1) is 12.3 Å². The third kappa shape index (κ3) is 3.57. The summed E-state index contributed by atoms with van der Waals surface area (Å²) in [5, 5.41) is 10.9. The molecule has 7 nitrogen and oxygen atoms in total. The average molecular weight is 324 g/mol. The zero-order chi connectivity index (χ0) is 16.8. The van der Waals surface area contributed by atoms with Gasteiger partial charge < -0.3 is 9.47 Å². The summed E-state index contributed by atoms with van der Waals surface area (Å²) in [6.45, 7) is 2.55. The zero-order valence-electron chi connectivity index (χ0n) is 13.1. The minimum absolute atomic E-state index is 0.399. The maximum atomic E-state index is 12.4. The number of para-hydroxylation sites is 1. The lowest BCUT2D eigenvalue weighted by Crippen LogP contribution is -2.11. The van der Waals surface area contributed by atoms with Gasteiger partial charge in [0.1, 0.15) is 23.4 Å². The van der Waals surface area contributed by atoms with E-state index in [0.717, 1.165) is 12.1 Å². The van der Waals surface area contributed by atoms with Crippen molar-refractivity contribution in [3.05, 3.63) is 60.4 Å². The fourth-order valence-electron chi connectivity index (χ4n) is 2.08. The highest BCUT2D eigenvalue weighted by Gasteiger charge is 2.14. The first-order valence-electron chi connectivity index (χ1n) is 7.55. The molecule has 2 aromatic carbocycles. The molecule has 1 aromatic heterocycles. The Kier molecular flexibility index (Phi) is 4.81. The molecule has 122 valence electrons. The Morgan fingerprint density at radius 2 is 1.92 bits per heavy atom. The predicted molar refractivity (Wildman–Crippen MR) is 86.3 cm³/mol. The van der Waals surface area contributed by atoms with Crippen molar-refractivity contribution in [2.24, 2.45) is 0 Å². The van der Waals surface area contributed by atoms with Crippen LogP contribution in [0.1, 0.15) is 23.7 Å². The highest BCUT2D eigenvalue weighted by atomic mass is 16.5. The molecule has 3 aromatic rings. The molecule has 0 bridgehead atoms. The van der Waals surface area contributed by atoms with E-state index in [0.29, 0.717) is 23.7 Å². The molecular formula is C17H16N4O3. The molecule has 0 aliphatic rings. The van der Waals surface area contributed by atoms with E-state index in [4.69, 9.17) is 9.47 Å². The molecule has 0 spiro atoms. The number of hydrogen-bond donors (Lipinski definition) is 0. The Hall–Kier alpha value is -3.22. The number of aromatic nitrogens is 4. The van der Waals surface area contributed by atoms with Crippen LogP contribution in [0.5, 0.6) is 11.5 Å². The van der Waals surface area contributed by atoms with Gasteiger partial charge in [0, 0.05) is 0 Å². The van der Waals surface area contributed by atoms with Crippen LogP contribution in [-0.2, 0) is 0 Å². The number of hydrogen-bond acceptors (Lipinski definition) is 6. The van der Waals surface area contributed by atoms with Crippen LogP contribution in [0.15, 0.2) is 54.9 Å². The van der Waals surface area contributed by atoms with Gasteiger partial charge in [-0.05, 0) is 53.2 Å². The van der Waals surface area contributed by atoms with Crippen LogP contribution in [0.3, 0.4) is 0 Å². The van der Waals surface area contributed by atoms with E-state index in [1.807, 2.05) is 13.0 Å². The van der Waals surface area contributed by atoms with Crippen LogP contribution >= 0.6 is 0 Å². The van der Waals surface area contributed by atoms with Gasteiger partial charge in [0.15, 0.2) is 0 Å². The lowest BCUT2D eigenvalue weighted by atomic mass is 10.2. The molecule has 1 heterocycles. The summed E-state index contributed by atoms with van der Waals surface area (Å²) < 4.78 is 12.5. The standard InChI is InChI=1S/C17H16N4O3/c1-2-11-23-16-6-4-3-5-15(16)17(22)24-14-9-7-13(8-10-14)21-12-18-19-20-21/h3-10,12H,2,11H2,1H3. The van der Waals surface area contributed by atoms with Crippen molar-refractivity contribution in [2.45, 2.75) is 13.3 Å². The minimum Gasteiger partial charge on any atom is -0.493 e. The van der Waals surface area contributed by atoms with Crippen molar-refractivity contribution >= 4 is 5.97 Å². The second-order valence-corrected chi connectivity index (χ2v) is 4.98. The molecule has 0 N–H and O–H groups in total. The highest BCUT2D eigenvalue weighted by molar-refractivity contribution is 5.94. The Morgan fingerprint density at radius 3 is 2.62 bits per heavy atom. The predicted octanol–water partition coefficient (Wildman–Crippen LogP) is 2.67. The van der Waals surface area contributed by atoms with Gasteiger partial charge >= 0.3 is 5.97 Å². The third-order valence-corrected chi connectivity index (χ3v) is 3.23. The Morgan fingerprint density at radius 1 is 1.12 bits per heavy atom. The van der Waals surface area contributed by atoms with E-state index >= 15 is 0 Å². The van der Waals surface area contributed by atoms with E-state index in [1.54, 1.807) is 42.5 Å². The van der Waals surface area contributed by atoms with Gasteiger partial charge in [-0.2, -0.15) is 0 Å². The molecule has 0 fully saturated rings. The van der Waals surface area contributed by atoms with E-state index in [-0.39, 0.29) is 0 Å². The monoisotopic (exact) mass is 324 g/mol. The van der Waals surface area contributed by atoms with Gasteiger partial charge in [0.25, 0.3) is 0 Å². The van der Waals surface area contributed by atoms with Crippen LogP contribution in [0.4, 0.5) is 0 Å². The quantitative estimate of drug-likeness (QED) is 0.512. The first kappa shape index (κ1) is 15.7. The average Bonchev–Trinajstić information content (AvgIpc) is 3.15. The largest absolute Gasteiger partial charge is 0.493 e. The summed E-state index contributed by atoms with van der Waals surface area (Å²) in [6.07, 6.45) is 2.35. The van der Waals surface area contributed by atoms with Crippen molar-refractivity contribution in [1.82, 2.24) is 20.2 Å². The SMILES string of the molecule is CCCOc1ccccc1C(=O)Oc1ccc(-n2cnnn2)cc1. The number of benzene rings is 2. The summed E-state index contributed by atoms with van der Waals surface area (Å²) in [4.78, 5) is 12.4. The molecule has 0 saturated heterocycles. The summed E-state index contributed by atoms with van der Waals surface area (Å²) in [5.74, 6) is 0.494. The molecule has 3 rings (SSSR count). The topological polar surface area (TPSA) is 79.1 Å². The van der Waals surface area contributed by atoms with Crippen molar-refractivity contribution in [2.75, 3.05) is 6.61 Å². The van der Waals surface area contributed by atoms with Crippen molar-refractivity contribution in [3.8, 4) is 17.2 Å². The molecular weight excluding hydrogens is 308 g/mol. The summed E-state index contributed by atoms with van der Waals surface area (Å²) in [7, 11) is 0. The molecule has 7 heteroatoms. The number of esters is 1. The second kappa shape index (κ2) is 7.36. The van der Waals surface area contributed by atoms with E-state index in [9.17, 15) is 4.79 Å². The van der Waals surface area contributed by atoms with Gasteiger partial charge in [0.2, 0.25) is 0 Å². The van der Waals surface area contributed by atoms with Gasteiger partial charge in [-0.1, -0.05) is 19.1 Å². The van der Waals surface area contributed by atoms with E-state index in [1.165, 1.54) is 11.0 Å². The van der Waals surface area contributed by atoms with Gasteiger partial charge in [-0.25, -0.2) is 9.48 Å². The van der Waals surface area contributed by atoms with Crippen molar-refractivity contribution in [1.29, 1.82) is 0 Å². The van der Waals surface area contributed by atoms with Crippen LogP contribution in [-0.4, -0.2) is 32.8 Å². The molecule has 0 amide bonds. The normalized spacial score (nSPS) is 10.4. The fourth-order valence-corrected chi connectivity index (χ4v) is 2.08. The van der Waals surface area contributed by atoms with Crippen LogP contribution < -0.4 is 9.47 Å². The molecule has 0 aliphatic carbocycles. The Bertz CT molecular complexity index is 801. The van der Waals surface area contributed by atoms with Crippen molar-refractivity contribution < 1.29 is 14.3 Å². The third-order valence-electron chi connectivity index (χ3n) is 3.23. The molecule has 0 aliphatic heterocycles. The summed E-state index contributed by atoms with van der Waals surface area (Å²) >= 11 is 0. The minimum atomic E-state index is -0.461. The second-order valence-electron chi connectivity index (χ2n) is 4.98. The molecule has 0 atom stereocenters. The number of carbonyl (C=O) groups excluding carboxylic acids is 1. The lowest BCUT2D eigenvalue weighted by Gasteiger charge is -2.10. The Balaban J connectivity index is 1.73. The molecule has 24 heavy (non-hydrogen) atoms. The van der Waals surface area contributed by atoms with E-state index < -0.39 is 5.97 Å². The maximum absolute atomic E-state index is 12.4. The fraction of sp³-hybridized carbons (Fsp3) is 0.176. The number of tetrazole rings is 1. The Labute approximate surface area is 138 Å². The zero-order valence-corrected chi connectivity index (χ0v) is 13.1. The summed E-state index contributed by atoms with van der Waals surface area (Å²) in [6, 6.07) is 13.9. The van der Waals surface area contributed by atoms with Gasteiger partial charge in [-0.15, -0.1) is 5.10 Å². The molecule has 0 saturated carbocycles. The molecule has 0 radical (unpaired) electrons. The lowest BCUT2D eigenvalue weighted by molar-refractivity contribution is 0.0730. The van der Waals surface area contributed by atoms with Crippen LogP contribution in [0.2, 0.25) is 0 Å². The van der Waals surface area contributed by atoms with Crippen LogP contribution in [0, 0.1) is 0 Å². The first-order valence-corrected chi connectivity index (χ1v) is 7.55. The summed E-state index contributed by atoms with van der Waals surface area (Å²) in [5.41, 5.74) is 1.17. The van der Waals surface area contributed by atoms with Crippen LogP contribution in [0.25, 0.3) is 5.69 Å². The van der Waals surface area contributed by atoms with Crippen molar-refractivity contribution in [3.63, 3.8) is 0 Å². The smallest absolute Gasteiger partial charge is 0.347 e. The first-order chi connectivity index (χ1) is 11.8. The number of carbonyl (C=O) groups is 1. The maximum Gasteiger partial charge on any atom is 0.347 e. The molecule has 0 unspecified atom stereocenters. The number of rotatable bonds is 6. The number of ether oxygens (including phenoxy) is 2. The highest BCUT2D eigenvalue weighted by Crippen LogP contribution is 2.21. The van der Waals surface area contributed by atoms with E-state index in [2.05, 4.69) is 15.5 Å².